The third kappa shape index (κ3) is 4.72. The van der Waals surface area contributed by atoms with Crippen molar-refractivity contribution in [3.05, 3.63) is 42.5 Å². The first-order valence-electron chi connectivity index (χ1n) is 9.12. The number of hydrogen-bond donors (Lipinski definition) is 2. The van der Waals surface area contributed by atoms with Crippen molar-refractivity contribution in [1.29, 1.82) is 0 Å². The summed E-state index contributed by atoms with van der Waals surface area (Å²) in [6.07, 6.45) is -0.554. The Bertz CT molecular complexity index is 738. The number of amides is 2. The van der Waals surface area contributed by atoms with E-state index in [0.717, 1.165) is 42.6 Å². The van der Waals surface area contributed by atoms with E-state index >= 15 is 0 Å². The van der Waals surface area contributed by atoms with Gasteiger partial charge in [0.1, 0.15) is 0 Å². The molecule has 1 aliphatic heterocycles. The van der Waals surface area contributed by atoms with Crippen molar-refractivity contribution in [1.82, 2.24) is 14.7 Å². The molecular formula is C20H28N4O2. The van der Waals surface area contributed by atoms with Gasteiger partial charge in [-0.25, -0.2) is 4.79 Å². The van der Waals surface area contributed by atoms with E-state index < -0.39 is 6.10 Å². The van der Waals surface area contributed by atoms with Crippen molar-refractivity contribution in [3.63, 3.8) is 0 Å². The smallest absolute Gasteiger partial charge is 0.321 e. The maximum atomic E-state index is 12.5. The number of aliphatic hydroxyl groups excluding tert-OH is 1. The minimum absolute atomic E-state index is 0.209. The largest absolute Gasteiger partial charge is 0.390 e. The molecule has 0 saturated carbocycles. The SMILES string of the molecule is CN1CCN(C[C@H](O)CN(C)C(=O)Nc2cccc3ccccc23)CC1. The zero-order valence-corrected chi connectivity index (χ0v) is 15.6. The van der Waals surface area contributed by atoms with Crippen LogP contribution in [0.15, 0.2) is 42.5 Å². The average Bonchev–Trinajstić information content (AvgIpc) is 2.64. The summed E-state index contributed by atoms with van der Waals surface area (Å²) in [5, 5.41) is 15.4. The molecule has 26 heavy (non-hydrogen) atoms. The molecule has 1 heterocycles. The van der Waals surface area contributed by atoms with Crippen LogP contribution in [-0.2, 0) is 0 Å². The highest BCUT2D eigenvalue weighted by Crippen LogP contribution is 2.23. The van der Waals surface area contributed by atoms with Crippen LogP contribution in [-0.4, -0.2) is 85.3 Å². The van der Waals surface area contributed by atoms with Crippen LogP contribution in [0.4, 0.5) is 10.5 Å². The van der Waals surface area contributed by atoms with Gasteiger partial charge in [0.2, 0.25) is 0 Å². The summed E-state index contributed by atoms with van der Waals surface area (Å²) in [6, 6.07) is 13.6. The molecule has 2 aromatic rings. The minimum Gasteiger partial charge on any atom is -0.390 e. The highest BCUT2D eigenvalue weighted by atomic mass is 16.3. The molecule has 0 bridgehead atoms. The Morgan fingerprint density at radius 2 is 1.85 bits per heavy atom. The Morgan fingerprint density at radius 1 is 1.15 bits per heavy atom. The van der Waals surface area contributed by atoms with Gasteiger partial charge in [-0.05, 0) is 18.5 Å². The molecule has 0 radical (unpaired) electrons. The molecule has 2 N–H and O–H groups in total. The fourth-order valence-electron chi connectivity index (χ4n) is 3.33. The van der Waals surface area contributed by atoms with Crippen molar-refractivity contribution in [2.24, 2.45) is 0 Å². The number of nitrogens with zero attached hydrogens (tertiary/aromatic N) is 3. The Morgan fingerprint density at radius 3 is 2.62 bits per heavy atom. The third-order valence-electron chi connectivity index (χ3n) is 4.93. The Kier molecular flexibility index (Phi) is 6.08. The molecule has 2 aromatic carbocycles. The molecule has 1 fully saturated rings. The molecule has 1 atom stereocenters. The van der Waals surface area contributed by atoms with E-state index in [1.807, 2.05) is 42.5 Å². The Hall–Kier alpha value is -2.15. The van der Waals surface area contributed by atoms with Crippen LogP contribution in [0, 0.1) is 0 Å². The summed E-state index contributed by atoms with van der Waals surface area (Å²) in [5.41, 5.74) is 0.786. The lowest BCUT2D eigenvalue weighted by molar-refractivity contribution is 0.0670. The summed E-state index contributed by atoms with van der Waals surface area (Å²) in [4.78, 5) is 18.6. The van der Waals surface area contributed by atoms with Gasteiger partial charge >= 0.3 is 6.03 Å². The predicted molar refractivity (Wildman–Crippen MR) is 106 cm³/mol. The molecular weight excluding hydrogens is 328 g/mol. The lowest BCUT2D eigenvalue weighted by atomic mass is 10.1. The van der Waals surface area contributed by atoms with Gasteiger partial charge in [0, 0.05) is 51.7 Å². The van der Waals surface area contributed by atoms with Crippen LogP contribution in [0.5, 0.6) is 0 Å². The summed E-state index contributed by atoms with van der Waals surface area (Å²) in [7, 11) is 3.83. The van der Waals surface area contributed by atoms with E-state index in [1.54, 1.807) is 11.9 Å². The van der Waals surface area contributed by atoms with Gasteiger partial charge in [0.15, 0.2) is 0 Å². The van der Waals surface area contributed by atoms with Gasteiger partial charge in [0.05, 0.1) is 11.8 Å². The van der Waals surface area contributed by atoms with Gasteiger partial charge in [-0.3, -0.25) is 4.90 Å². The highest BCUT2D eigenvalue weighted by molar-refractivity contribution is 6.01. The summed E-state index contributed by atoms with van der Waals surface area (Å²) < 4.78 is 0. The number of rotatable bonds is 5. The number of carbonyl (C=O) groups excluding carboxylic acids is 1. The van der Waals surface area contributed by atoms with E-state index in [1.165, 1.54) is 0 Å². The van der Waals surface area contributed by atoms with Crippen LogP contribution in [0.1, 0.15) is 0 Å². The highest BCUT2D eigenvalue weighted by Gasteiger charge is 2.20. The van der Waals surface area contributed by atoms with Crippen molar-refractivity contribution >= 4 is 22.5 Å². The topological polar surface area (TPSA) is 59.1 Å². The predicted octanol–water partition coefficient (Wildman–Crippen LogP) is 1.91. The van der Waals surface area contributed by atoms with Gasteiger partial charge in [-0.15, -0.1) is 0 Å². The number of fused-ring (bicyclic) bond motifs is 1. The summed E-state index contributed by atoms with van der Waals surface area (Å²) >= 11 is 0. The quantitative estimate of drug-likeness (QED) is 0.859. The van der Waals surface area contributed by atoms with Gasteiger partial charge in [-0.2, -0.15) is 0 Å². The molecule has 6 heteroatoms. The second-order valence-electron chi connectivity index (χ2n) is 7.10. The van der Waals surface area contributed by atoms with Crippen LogP contribution in [0.3, 0.4) is 0 Å². The number of urea groups is 1. The third-order valence-corrected chi connectivity index (χ3v) is 4.93. The molecule has 140 valence electrons. The number of carbonyl (C=O) groups is 1. The maximum absolute atomic E-state index is 12.5. The number of β-amino-alcohol motifs (C(OH)–C–C–N with tert-alkyl or cyclic N) is 1. The average molecular weight is 356 g/mol. The van der Waals surface area contributed by atoms with Crippen LogP contribution < -0.4 is 5.32 Å². The number of aliphatic hydroxyl groups is 1. The lowest BCUT2D eigenvalue weighted by Crippen LogP contribution is -2.49. The first-order chi connectivity index (χ1) is 12.5. The fraction of sp³-hybridized carbons (Fsp3) is 0.450. The maximum Gasteiger partial charge on any atom is 0.321 e. The summed E-state index contributed by atoms with van der Waals surface area (Å²) in [5.74, 6) is 0. The molecule has 3 rings (SSSR count). The zero-order chi connectivity index (χ0) is 18.5. The van der Waals surface area contributed by atoms with Crippen molar-refractivity contribution in [3.8, 4) is 0 Å². The monoisotopic (exact) mass is 356 g/mol. The number of piperazine rings is 1. The number of likely N-dealkylation sites (N-methyl/N-ethyl adjacent to an activating group) is 2. The first-order valence-corrected chi connectivity index (χ1v) is 9.12. The van der Waals surface area contributed by atoms with E-state index in [2.05, 4.69) is 22.2 Å². The standard InChI is InChI=1S/C20H28N4O2/c1-22-10-12-24(13-11-22)15-17(25)14-23(2)20(26)21-19-9-5-7-16-6-3-4-8-18(16)19/h3-9,17,25H,10-15H2,1-2H3,(H,21,26)/t17-/m1/s1. The van der Waals surface area contributed by atoms with Gasteiger partial charge in [0.25, 0.3) is 0 Å². The molecule has 1 aliphatic rings. The van der Waals surface area contributed by atoms with E-state index in [0.29, 0.717) is 13.1 Å². The van der Waals surface area contributed by atoms with Crippen molar-refractivity contribution in [2.75, 3.05) is 58.7 Å². The van der Waals surface area contributed by atoms with Crippen LogP contribution in [0.25, 0.3) is 10.8 Å². The van der Waals surface area contributed by atoms with Gasteiger partial charge in [-0.1, -0.05) is 36.4 Å². The molecule has 0 spiro atoms. The fourth-order valence-corrected chi connectivity index (χ4v) is 3.33. The number of hydrogen-bond acceptors (Lipinski definition) is 4. The Labute approximate surface area is 155 Å². The molecule has 0 unspecified atom stereocenters. The molecule has 6 nitrogen and oxygen atoms in total. The first kappa shape index (κ1) is 18.6. The second kappa shape index (κ2) is 8.49. The van der Waals surface area contributed by atoms with Gasteiger partial charge < -0.3 is 20.2 Å². The van der Waals surface area contributed by atoms with E-state index in [-0.39, 0.29) is 6.03 Å². The van der Waals surface area contributed by atoms with E-state index in [4.69, 9.17) is 0 Å². The lowest BCUT2D eigenvalue weighted by Gasteiger charge is -2.34. The Balaban J connectivity index is 1.54. The molecule has 0 aliphatic carbocycles. The van der Waals surface area contributed by atoms with E-state index in [9.17, 15) is 9.90 Å². The molecule has 2 amide bonds. The zero-order valence-electron chi connectivity index (χ0n) is 15.6. The van der Waals surface area contributed by atoms with Crippen LogP contribution >= 0.6 is 0 Å². The number of nitrogens with one attached hydrogen (secondary N) is 1. The molecule has 1 saturated heterocycles. The van der Waals surface area contributed by atoms with Crippen LogP contribution in [0.2, 0.25) is 0 Å². The normalized spacial score (nSPS) is 17.2. The molecule has 0 aromatic heterocycles. The number of benzene rings is 2. The summed E-state index contributed by atoms with van der Waals surface area (Å²) in [6.45, 7) is 4.86. The second-order valence-corrected chi connectivity index (χ2v) is 7.10. The minimum atomic E-state index is -0.554. The number of anilines is 1. The van der Waals surface area contributed by atoms with Crippen molar-refractivity contribution < 1.29 is 9.90 Å². The van der Waals surface area contributed by atoms with Crippen molar-refractivity contribution in [2.45, 2.75) is 6.10 Å².